The zero-order valence-electron chi connectivity index (χ0n) is 12.7. The maximum absolute atomic E-state index is 9.60. The quantitative estimate of drug-likeness (QED) is 0.821. The van der Waals surface area contributed by atoms with E-state index in [-0.39, 0.29) is 38.3 Å². The first kappa shape index (κ1) is 19.7. The van der Waals surface area contributed by atoms with Crippen LogP contribution in [0.15, 0.2) is 0 Å². The van der Waals surface area contributed by atoms with E-state index in [0.717, 1.165) is 25.2 Å². The van der Waals surface area contributed by atoms with Crippen LogP contribution in [0.25, 0.3) is 5.73 Å². The Balaban J connectivity index is 0.000000396. The number of carbonyl (C=O) groups excluding carboxylic acids is 1. The zero-order chi connectivity index (χ0) is 14.5. The minimum Gasteiger partial charge on any atom is -0.672 e. The molecule has 0 atom stereocenters. The number of likely N-dealkylation sites (N-methyl/N-ethyl adjacent to an activating group) is 1. The number of hydrogen-bond acceptors (Lipinski definition) is 4. The Morgan fingerprint density at radius 2 is 2.15 bits per heavy atom. The Morgan fingerprint density at radius 1 is 1.50 bits per heavy atom. The molecule has 0 fully saturated rings. The molecule has 1 aromatic rings. The van der Waals surface area contributed by atoms with Crippen molar-refractivity contribution in [2.24, 2.45) is 0 Å². The topological polar surface area (TPSA) is 82.0 Å². The molecule has 0 unspecified atom stereocenters. The van der Waals surface area contributed by atoms with Crippen molar-refractivity contribution in [2.45, 2.75) is 45.9 Å². The molecule has 0 aliphatic carbocycles. The van der Waals surface area contributed by atoms with Crippen LogP contribution in [-0.2, 0) is 61.8 Å². The van der Waals surface area contributed by atoms with Crippen molar-refractivity contribution >= 4 is 6.47 Å². The van der Waals surface area contributed by atoms with Crippen LogP contribution in [-0.4, -0.2) is 40.8 Å². The van der Waals surface area contributed by atoms with E-state index in [1.807, 2.05) is 20.8 Å². The molecule has 2 heterocycles. The standard InChI is InChI=1S/C8H13N4.C5H10O2.Y/c1-12-3-2-6-7(4-9)10-11-8(6)5-12;1-5(2,3)7-4-6;/h9H,2-5H2,1H3,(H,10,11);4H,1-3H3;/q-1;;. The third-order valence-electron chi connectivity index (χ3n) is 2.78. The first-order valence-electron chi connectivity index (χ1n) is 6.37. The Bertz CT molecular complexity index is 415. The fraction of sp³-hybridized carbons (Fsp3) is 0.692. The number of H-pyrrole nitrogens is 1. The third kappa shape index (κ3) is 6.44. The van der Waals surface area contributed by atoms with Crippen LogP contribution in [0.4, 0.5) is 0 Å². The van der Waals surface area contributed by atoms with Crippen LogP contribution < -0.4 is 0 Å². The van der Waals surface area contributed by atoms with Crippen molar-refractivity contribution in [2.75, 3.05) is 13.6 Å². The molecule has 1 radical (unpaired) electrons. The number of aromatic amines is 1. The summed E-state index contributed by atoms with van der Waals surface area (Å²) >= 11 is 0. The number of nitrogens with zero attached hydrogens (tertiary/aromatic N) is 2. The molecular formula is C13H23N4O2Y-. The van der Waals surface area contributed by atoms with Gasteiger partial charge in [-0.15, -0.1) is 6.54 Å². The van der Waals surface area contributed by atoms with Gasteiger partial charge in [-0.2, -0.15) is 5.10 Å². The fourth-order valence-corrected chi connectivity index (χ4v) is 1.81. The van der Waals surface area contributed by atoms with E-state index in [2.05, 4.69) is 26.9 Å². The average Bonchev–Trinajstić information content (AvgIpc) is 2.70. The van der Waals surface area contributed by atoms with Gasteiger partial charge in [-0.05, 0) is 39.8 Å². The first-order chi connectivity index (χ1) is 8.87. The molecule has 0 saturated carbocycles. The van der Waals surface area contributed by atoms with E-state index in [1.165, 1.54) is 11.3 Å². The van der Waals surface area contributed by atoms with Gasteiger partial charge in [0.25, 0.3) is 6.47 Å². The van der Waals surface area contributed by atoms with Crippen LogP contribution in [0.3, 0.4) is 0 Å². The van der Waals surface area contributed by atoms with Gasteiger partial charge in [0.05, 0.1) is 5.69 Å². The number of rotatable bonds is 2. The van der Waals surface area contributed by atoms with E-state index in [9.17, 15) is 4.79 Å². The summed E-state index contributed by atoms with van der Waals surface area (Å²) in [6.07, 6.45) is 1.04. The Kier molecular flexibility index (Phi) is 8.74. The molecule has 0 bridgehead atoms. The maximum Gasteiger partial charge on any atom is 0.293 e. The first-order valence-corrected chi connectivity index (χ1v) is 6.37. The summed E-state index contributed by atoms with van der Waals surface area (Å²) in [6.45, 7) is 8.25. The predicted octanol–water partition coefficient (Wildman–Crippen LogP) is 1.91. The summed E-state index contributed by atoms with van der Waals surface area (Å²) in [5.74, 6) is 0. The molecule has 2 rings (SSSR count). The predicted molar refractivity (Wildman–Crippen MR) is 73.6 cm³/mol. The van der Waals surface area contributed by atoms with Crippen molar-refractivity contribution in [3.63, 3.8) is 0 Å². The summed E-state index contributed by atoms with van der Waals surface area (Å²) in [5.41, 5.74) is 10.3. The maximum atomic E-state index is 9.60. The van der Waals surface area contributed by atoms with Crippen LogP contribution in [0.5, 0.6) is 0 Å². The molecule has 7 heteroatoms. The van der Waals surface area contributed by atoms with Crippen LogP contribution in [0.1, 0.15) is 37.7 Å². The summed E-state index contributed by atoms with van der Waals surface area (Å²) in [5, 5.41) is 7.11. The summed E-state index contributed by atoms with van der Waals surface area (Å²) in [4.78, 5) is 11.9. The summed E-state index contributed by atoms with van der Waals surface area (Å²) in [6, 6.07) is 0. The fourth-order valence-electron chi connectivity index (χ4n) is 1.81. The summed E-state index contributed by atoms with van der Waals surface area (Å²) in [7, 11) is 2.10. The van der Waals surface area contributed by atoms with Crippen molar-refractivity contribution in [1.29, 1.82) is 0 Å². The molecule has 0 saturated heterocycles. The Labute approximate surface area is 145 Å². The van der Waals surface area contributed by atoms with Crippen LogP contribution in [0, 0.1) is 0 Å². The van der Waals surface area contributed by atoms with E-state index in [1.54, 1.807) is 0 Å². The molecule has 0 aromatic carbocycles. The molecule has 1 aromatic heterocycles. The molecule has 2 N–H and O–H groups in total. The van der Waals surface area contributed by atoms with Crippen molar-refractivity contribution in [3.05, 3.63) is 22.7 Å². The molecule has 6 nitrogen and oxygen atoms in total. The van der Waals surface area contributed by atoms with E-state index in [4.69, 9.17) is 5.73 Å². The Morgan fingerprint density at radius 3 is 2.60 bits per heavy atom. The van der Waals surface area contributed by atoms with Crippen LogP contribution >= 0.6 is 0 Å². The number of aromatic nitrogens is 2. The van der Waals surface area contributed by atoms with Gasteiger partial charge in [-0.1, -0.05) is 0 Å². The zero-order valence-corrected chi connectivity index (χ0v) is 15.5. The third-order valence-corrected chi connectivity index (χ3v) is 2.78. The number of fused-ring (bicyclic) bond motifs is 1. The molecule has 0 amide bonds. The van der Waals surface area contributed by atoms with Gasteiger partial charge < -0.3 is 15.4 Å². The molecule has 20 heavy (non-hydrogen) atoms. The molecule has 1 aliphatic heterocycles. The molecule has 1 aliphatic rings. The Hall–Kier alpha value is -0.296. The average molecular weight is 356 g/mol. The van der Waals surface area contributed by atoms with Crippen molar-refractivity contribution in [1.82, 2.24) is 15.1 Å². The van der Waals surface area contributed by atoms with Crippen LogP contribution in [0.2, 0.25) is 0 Å². The second-order valence-electron chi connectivity index (χ2n) is 5.62. The number of ether oxygens (including phenoxy) is 1. The van der Waals surface area contributed by atoms with Gasteiger partial charge in [0.1, 0.15) is 5.60 Å². The number of nitrogens with one attached hydrogen (secondary N) is 2. The van der Waals surface area contributed by atoms with Gasteiger partial charge >= 0.3 is 0 Å². The van der Waals surface area contributed by atoms with E-state index in [0.29, 0.717) is 13.0 Å². The molecular weight excluding hydrogens is 333 g/mol. The van der Waals surface area contributed by atoms with E-state index >= 15 is 0 Å². The second kappa shape index (κ2) is 8.87. The van der Waals surface area contributed by atoms with Crippen molar-refractivity contribution in [3.8, 4) is 0 Å². The monoisotopic (exact) mass is 356 g/mol. The van der Waals surface area contributed by atoms with Gasteiger partial charge in [-0.3, -0.25) is 9.89 Å². The van der Waals surface area contributed by atoms with Gasteiger partial charge in [0.15, 0.2) is 0 Å². The number of carbonyl (C=O) groups is 1. The summed E-state index contributed by atoms with van der Waals surface area (Å²) < 4.78 is 4.55. The minimum absolute atomic E-state index is 0. The van der Waals surface area contributed by atoms with E-state index < -0.39 is 0 Å². The SMILES string of the molecule is CC(C)(C)OC=O.CN1CCc2c(C[NH-])n[nH]c2C1.[Y]. The van der Waals surface area contributed by atoms with Crippen molar-refractivity contribution < 1.29 is 42.2 Å². The minimum atomic E-state index is -0.318. The van der Waals surface area contributed by atoms with Gasteiger partial charge in [0, 0.05) is 51.5 Å². The second-order valence-corrected chi connectivity index (χ2v) is 5.62. The van der Waals surface area contributed by atoms with Gasteiger partial charge in [-0.25, -0.2) is 0 Å². The largest absolute Gasteiger partial charge is 0.672 e. The molecule has 111 valence electrons. The van der Waals surface area contributed by atoms with Gasteiger partial charge in [0.2, 0.25) is 0 Å². The number of hydrogen-bond donors (Lipinski definition) is 1. The molecule has 0 spiro atoms. The normalized spacial score (nSPS) is 14.4. The smallest absolute Gasteiger partial charge is 0.293 e.